The van der Waals surface area contributed by atoms with Crippen LogP contribution in [0.15, 0.2) is 72.9 Å². The van der Waals surface area contributed by atoms with Crippen molar-refractivity contribution in [2.45, 2.75) is 26.3 Å². The van der Waals surface area contributed by atoms with Crippen LogP contribution in [0.25, 0.3) is 5.65 Å². The average molecular weight is 410 g/mol. The van der Waals surface area contributed by atoms with Crippen molar-refractivity contribution in [3.8, 4) is 0 Å². The number of anilines is 2. The van der Waals surface area contributed by atoms with Gasteiger partial charge >= 0.3 is 0 Å². The highest BCUT2D eigenvalue weighted by molar-refractivity contribution is 6.05. The number of pyridine rings is 1. The number of rotatable bonds is 4. The summed E-state index contributed by atoms with van der Waals surface area (Å²) >= 11 is 0. The van der Waals surface area contributed by atoms with Crippen LogP contribution >= 0.6 is 0 Å². The molecule has 1 N–H and O–H groups in total. The fourth-order valence-corrected chi connectivity index (χ4v) is 4.15. The van der Waals surface area contributed by atoms with Crippen molar-refractivity contribution in [3.63, 3.8) is 0 Å². The molecule has 0 radical (unpaired) electrons. The molecule has 5 rings (SSSR count). The van der Waals surface area contributed by atoms with E-state index in [0.717, 1.165) is 22.5 Å². The van der Waals surface area contributed by atoms with Crippen LogP contribution in [-0.2, 0) is 17.8 Å². The first kappa shape index (κ1) is 19.1. The van der Waals surface area contributed by atoms with Crippen LogP contribution < -0.4 is 10.2 Å². The Morgan fingerprint density at radius 1 is 1.03 bits per heavy atom. The van der Waals surface area contributed by atoms with Crippen molar-refractivity contribution in [2.75, 3.05) is 10.2 Å². The van der Waals surface area contributed by atoms with Crippen LogP contribution in [0.3, 0.4) is 0 Å². The summed E-state index contributed by atoms with van der Waals surface area (Å²) in [5, 5.41) is 3.00. The molecule has 1 aliphatic rings. The fraction of sp³-hybridized carbons (Fsp3) is 0.160. The Morgan fingerprint density at radius 3 is 2.68 bits per heavy atom. The first-order chi connectivity index (χ1) is 15.1. The van der Waals surface area contributed by atoms with E-state index in [9.17, 15) is 9.59 Å². The molecule has 154 valence electrons. The SMILES string of the molecule is Cc1nc2ccccn2c1C(=O)Nc1ccc2c(c1)CCC(=O)N2Cc1ccccc1. The van der Waals surface area contributed by atoms with E-state index in [0.29, 0.717) is 36.5 Å². The van der Waals surface area contributed by atoms with Crippen LogP contribution in [0.4, 0.5) is 11.4 Å². The Balaban J connectivity index is 1.41. The zero-order chi connectivity index (χ0) is 21.4. The summed E-state index contributed by atoms with van der Waals surface area (Å²) < 4.78 is 1.79. The Hall–Kier alpha value is -3.93. The number of carbonyl (C=O) groups excluding carboxylic acids is 2. The minimum absolute atomic E-state index is 0.120. The molecule has 3 heterocycles. The molecule has 0 fully saturated rings. The molecular formula is C25H22N4O2. The number of amides is 2. The van der Waals surface area contributed by atoms with Gasteiger partial charge in [-0.1, -0.05) is 36.4 Å². The van der Waals surface area contributed by atoms with E-state index in [1.165, 1.54) is 0 Å². The summed E-state index contributed by atoms with van der Waals surface area (Å²) in [6, 6.07) is 21.4. The molecule has 0 saturated carbocycles. The predicted octanol–water partition coefficient (Wildman–Crippen LogP) is 4.37. The maximum Gasteiger partial charge on any atom is 0.274 e. The van der Waals surface area contributed by atoms with E-state index in [4.69, 9.17) is 0 Å². The summed E-state index contributed by atoms with van der Waals surface area (Å²) in [5.41, 5.74) is 5.71. The minimum Gasteiger partial charge on any atom is -0.321 e. The van der Waals surface area contributed by atoms with Crippen molar-refractivity contribution in [3.05, 3.63) is 95.4 Å². The molecule has 0 saturated heterocycles. The lowest BCUT2D eigenvalue weighted by Gasteiger charge is -2.30. The fourth-order valence-electron chi connectivity index (χ4n) is 4.15. The molecule has 0 unspecified atom stereocenters. The van der Waals surface area contributed by atoms with Crippen molar-refractivity contribution >= 4 is 28.8 Å². The molecule has 0 spiro atoms. The molecule has 31 heavy (non-hydrogen) atoms. The summed E-state index contributed by atoms with van der Waals surface area (Å²) in [6.45, 7) is 2.38. The molecule has 6 nitrogen and oxygen atoms in total. The minimum atomic E-state index is -0.204. The first-order valence-electron chi connectivity index (χ1n) is 10.3. The zero-order valence-electron chi connectivity index (χ0n) is 17.2. The number of hydrogen-bond donors (Lipinski definition) is 1. The van der Waals surface area contributed by atoms with Gasteiger partial charge in [0.1, 0.15) is 11.3 Å². The number of imidazole rings is 1. The van der Waals surface area contributed by atoms with Crippen molar-refractivity contribution in [1.29, 1.82) is 0 Å². The van der Waals surface area contributed by atoms with Crippen molar-refractivity contribution in [2.24, 2.45) is 0 Å². The maximum atomic E-state index is 13.0. The van der Waals surface area contributed by atoms with E-state index in [1.54, 1.807) is 4.40 Å². The molecule has 0 aliphatic carbocycles. The number of benzene rings is 2. The number of nitrogens with zero attached hydrogens (tertiary/aromatic N) is 3. The topological polar surface area (TPSA) is 66.7 Å². The van der Waals surface area contributed by atoms with E-state index in [1.807, 2.05) is 84.8 Å². The summed E-state index contributed by atoms with van der Waals surface area (Å²) in [4.78, 5) is 31.9. The third-order valence-corrected chi connectivity index (χ3v) is 5.64. The number of aromatic nitrogens is 2. The molecule has 0 bridgehead atoms. The number of aryl methyl sites for hydroxylation is 2. The molecule has 4 aromatic rings. The molecule has 0 atom stereocenters. The second kappa shape index (κ2) is 7.72. The van der Waals surface area contributed by atoms with E-state index >= 15 is 0 Å². The molecule has 2 amide bonds. The van der Waals surface area contributed by atoms with Crippen molar-refractivity contribution in [1.82, 2.24) is 9.38 Å². The van der Waals surface area contributed by atoms with Gasteiger partial charge in [-0.05, 0) is 54.8 Å². The highest BCUT2D eigenvalue weighted by atomic mass is 16.2. The van der Waals surface area contributed by atoms with Gasteiger partial charge in [0.05, 0.1) is 12.2 Å². The lowest BCUT2D eigenvalue weighted by Crippen LogP contribution is -2.34. The van der Waals surface area contributed by atoms with Gasteiger partial charge in [-0.25, -0.2) is 4.98 Å². The Morgan fingerprint density at radius 2 is 1.84 bits per heavy atom. The van der Waals surface area contributed by atoms with Gasteiger partial charge in [0.25, 0.3) is 5.91 Å². The molecule has 2 aromatic heterocycles. The second-order valence-corrected chi connectivity index (χ2v) is 7.74. The molecule has 2 aromatic carbocycles. The lowest BCUT2D eigenvalue weighted by atomic mass is 9.99. The van der Waals surface area contributed by atoms with Crippen LogP contribution in [0.2, 0.25) is 0 Å². The van der Waals surface area contributed by atoms with Crippen LogP contribution in [0.5, 0.6) is 0 Å². The highest BCUT2D eigenvalue weighted by Crippen LogP contribution is 2.31. The zero-order valence-corrected chi connectivity index (χ0v) is 17.2. The van der Waals surface area contributed by atoms with E-state index < -0.39 is 0 Å². The first-order valence-corrected chi connectivity index (χ1v) is 10.3. The summed E-state index contributed by atoms with van der Waals surface area (Å²) in [6.07, 6.45) is 2.96. The van der Waals surface area contributed by atoms with Gasteiger partial charge in [0.2, 0.25) is 5.91 Å². The van der Waals surface area contributed by atoms with Gasteiger partial charge in [0, 0.05) is 24.0 Å². The van der Waals surface area contributed by atoms with E-state index in [2.05, 4.69) is 10.3 Å². The number of carbonyl (C=O) groups is 2. The van der Waals surface area contributed by atoms with Crippen LogP contribution in [-0.4, -0.2) is 21.2 Å². The largest absolute Gasteiger partial charge is 0.321 e. The molecule has 1 aliphatic heterocycles. The standard InChI is InChI=1S/C25H22N4O2/c1-17-24(28-14-6-5-9-22(28)26-17)25(31)27-20-11-12-21-19(15-20)10-13-23(30)29(21)16-18-7-3-2-4-8-18/h2-9,11-12,14-15H,10,13,16H2,1H3,(H,27,31). The number of hydrogen-bond acceptors (Lipinski definition) is 3. The third-order valence-electron chi connectivity index (χ3n) is 5.64. The lowest BCUT2D eigenvalue weighted by molar-refractivity contribution is -0.119. The Labute approximate surface area is 180 Å². The maximum absolute atomic E-state index is 13.0. The number of nitrogens with one attached hydrogen (secondary N) is 1. The molecular weight excluding hydrogens is 388 g/mol. The van der Waals surface area contributed by atoms with E-state index in [-0.39, 0.29) is 11.8 Å². The summed E-state index contributed by atoms with van der Waals surface area (Å²) in [7, 11) is 0. The second-order valence-electron chi connectivity index (χ2n) is 7.74. The summed E-state index contributed by atoms with van der Waals surface area (Å²) in [5.74, 6) is -0.0846. The molecule has 6 heteroatoms. The van der Waals surface area contributed by atoms with Gasteiger partial charge in [-0.15, -0.1) is 0 Å². The third kappa shape index (κ3) is 3.57. The van der Waals surface area contributed by atoms with Crippen LogP contribution in [0, 0.1) is 6.92 Å². The smallest absolute Gasteiger partial charge is 0.274 e. The van der Waals surface area contributed by atoms with Crippen molar-refractivity contribution < 1.29 is 9.59 Å². The number of fused-ring (bicyclic) bond motifs is 2. The monoisotopic (exact) mass is 410 g/mol. The average Bonchev–Trinajstić information content (AvgIpc) is 3.12. The Bertz CT molecular complexity index is 1290. The van der Waals surface area contributed by atoms with Gasteiger partial charge in [-0.3, -0.25) is 14.0 Å². The van der Waals surface area contributed by atoms with Gasteiger partial charge in [-0.2, -0.15) is 0 Å². The van der Waals surface area contributed by atoms with Gasteiger partial charge in [0.15, 0.2) is 0 Å². The highest BCUT2D eigenvalue weighted by Gasteiger charge is 2.25. The normalized spacial score (nSPS) is 13.3. The van der Waals surface area contributed by atoms with Gasteiger partial charge < -0.3 is 10.2 Å². The quantitative estimate of drug-likeness (QED) is 0.543. The predicted molar refractivity (Wildman–Crippen MR) is 120 cm³/mol. The Kier molecular flexibility index (Phi) is 4.75. The van der Waals surface area contributed by atoms with Crippen LogP contribution in [0.1, 0.15) is 33.7 Å².